The fourth-order valence-electron chi connectivity index (χ4n) is 0.807. The lowest BCUT2D eigenvalue weighted by Crippen LogP contribution is -1.95. The fraction of sp³-hybridized carbons (Fsp3) is 0.571. The van der Waals surface area contributed by atoms with Crippen LogP contribution in [0.2, 0.25) is 0 Å². The van der Waals surface area contributed by atoms with E-state index in [9.17, 15) is 0 Å². The molecule has 0 aromatic carbocycles. The van der Waals surface area contributed by atoms with Crippen molar-refractivity contribution in [2.75, 3.05) is 0 Å². The highest BCUT2D eigenvalue weighted by atomic mass is 15.0. The van der Waals surface area contributed by atoms with Crippen LogP contribution in [-0.4, -0.2) is 9.55 Å². The minimum Gasteiger partial charge on any atom is -0.335 e. The molecule has 1 rings (SSSR count). The number of imidazole rings is 1. The van der Waals surface area contributed by atoms with Gasteiger partial charge in [0, 0.05) is 18.9 Å². The molecule has 1 aromatic heterocycles. The Morgan fingerprint density at radius 3 is 2.78 bits per heavy atom. The maximum absolute atomic E-state index is 7.40. The van der Waals surface area contributed by atoms with E-state index < -0.39 is 0 Å². The number of aryl methyl sites for hydroxylation is 1. The van der Waals surface area contributed by atoms with Crippen molar-refractivity contribution < 1.29 is 1.37 Å². The van der Waals surface area contributed by atoms with Gasteiger partial charge in [-0.25, -0.2) is 4.98 Å². The average Bonchev–Trinajstić information content (AvgIpc) is 2.09. The van der Waals surface area contributed by atoms with Crippen LogP contribution >= 0.6 is 0 Å². The number of hydrogen-bond donors (Lipinski definition) is 0. The van der Waals surface area contributed by atoms with Gasteiger partial charge in [0.1, 0.15) is 5.82 Å². The molecule has 0 spiro atoms. The molecule has 50 valence electrons. The highest BCUT2D eigenvalue weighted by molar-refractivity contribution is 5.02. The van der Waals surface area contributed by atoms with E-state index in [1.165, 1.54) is 0 Å². The largest absolute Gasteiger partial charge is 0.335 e. The van der Waals surface area contributed by atoms with Crippen LogP contribution in [0.5, 0.6) is 0 Å². The van der Waals surface area contributed by atoms with Crippen LogP contribution in [0.25, 0.3) is 0 Å². The van der Waals surface area contributed by atoms with Crippen molar-refractivity contribution in [2.45, 2.75) is 20.3 Å². The molecule has 0 aliphatic carbocycles. The Hall–Kier alpha value is -0.790. The summed E-state index contributed by atoms with van der Waals surface area (Å²) in [6.07, 6.45) is 1.30. The number of aromatic nitrogens is 2. The molecule has 0 radical (unpaired) electrons. The average molecular weight is 125 g/mol. The van der Waals surface area contributed by atoms with Gasteiger partial charge in [0.2, 0.25) is 0 Å². The highest BCUT2D eigenvalue weighted by Gasteiger charge is 1.96. The minimum atomic E-state index is 0.419. The van der Waals surface area contributed by atoms with Gasteiger partial charge in [-0.05, 0) is 13.3 Å². The monoisotopic (exact) mass is 125 g/mol. The second-order valence-corrected chi connectivity index (χ2v) is 2.13. The Labute approximate surface area is 56.9 Å². The summed E-state index contributed by atoms with van der Waals surface area (Å²) in [5.41, 5.74) is 1.01. The number of rotatable bonds is 1. The molecular formula is C7H12N2. The predicted octanol–water partition coefficient (Wildman–Crippen LogP) is 1.29. The summed E-state index contributed by atoms with van der Waals surface area (Å²) in [4.78, 5) is 4.01. The van der Waals surface area contributed by atoms with E-state index >= 15 is 0 Å². The molecule has 0 saturated carbocycles. The van der Waals surface area contributed by atoms with Crippen LogP contribution in [0.1, 0.15) is 19.8 Å². The third-order valence-corrected chi connectivity index (χ3v) is 1.57. The first-order chi connectivity index (χ1) is 4.66. The molecule has 0 unspecified atom stereocenters. The van der Waals surface area contributed by atoms with Crippen molar-refractivity contribution in [1.29, 1.82) is 0 Å². The van der Waals surface area contributed by atoms with Gasteiger partial charge in [-0.3, -0.25) is 0 Å². The van der Waals surface area contributed by atoms with E-state index in [-0.39, 0.29) is 0 Å². The van der Waals surface area contributed by atoms with Gasteiger partial charge in [-0.15, -0.1) is 0 Å². The molecule has 2 nitrogen and oxygen atoms in total. The Bertz CT molecular complexity index is 240. The molecule has 0 fully saturated rings. The van der Waals surface area contributed by atoms with Crippen molar-refractivity contribution >= 4 is 0 Å². The second-order valence-electron chi connectivity index (χ2n) is 2.13. The van der Waals surface area contributed by atoms with Crippen LogP contribution in [0.4, 0.5) is 0 Å². The quantitative estimate of drug-likeness (QED) is 0.553. The summed E-state index contributed by atoms with van der Waals surface area (Å²) in [6, 6.07) is 0. The maximum Gasteiger partial charge on any atom is 0.105 e. The molecule has 0 amide bonds. The van der Waals surface area contributed by atoms with Gasteiger partial charge in [0.15, 0.2) is 0 Å². The van der Waals surface area contributed by atoms with E-state index in [2.05, 4.69) is 4.98 Å². The smallest absolute Gasteiger partial charge is 0.105 e. The summed E-state index contributed by atoms with van der Waals surface area (Å²) < 4.78 is 9.36. The van der Waals surface area contributed by atoms with Crippen molar-refractivity contribution in [3.63, 3.8) is 0 Å². The number of hydrogen-bond acceptors (Lipinski definition) is 1. The molecule has 0 N–H and O–H groups in total. The molecule has 0 atom stereocenters. The van der Waals surface area contributed by atoms with Gasteiger partial charge in [0.05, 0.1) is 1.37 Å². The van der Waals surface area contributed by atoms with Crippen LogP contribution in [0, 0.1) is 6.92 Å². The zero-order chi connectivity index (χ0) is 7.72. The third kappa shape index (κ3) is 0.969. The first kappa shape index (κ1) is 5.03. The predicted molar refractivity (Wildman–Crippen MR) is 37.3 cm³/mol. The topological polar surface area (TPSA) is 17.8 Å². The van der Waals surface area contributed by atoms with E-state index in [4.69, 9.17) is 1.37 Å². The van der Waals surface area contributed by atoms with Crippen LogP contribution in [0.3, 0.4) is 0 Å². The van der Waals surface area contributed by atoms with Crippen LogP contribution in [0.15, 0.2) is 6.17 Å². The van der Waals surface area contributed by atoms with Gasteiger partial charge >= 0.3 is 0 Å². The van der Waals surface area contributed by atoms with Crippen molar-refractivity contribution in [3.05, 3.63) is 17.7 Å². The molecule has 0 aliphatic heterocycles. The lowest BCUT2D eigenvalue weighted by atomic mass is 10.4. The standard InChI is InChI=1S/C7H12N2/c1-4-7-5-8-6(2)9(7)3/h5H,4H2,1-3H3/i5D. The van der Waals surface area contributed by atoms with Crippen molar-refractivity contribution in [3.8, 4) is 0 Å². The Kier molecular flexibility index (Phi) is 1.24. The Morgan fingerprint density at radius 1 is 1.89 bits per heavy atom. The van der Waals surface area contributed by atoms with Crippen LogP contribution in [-0.2, 0) is 13.5 Å². The maximum atomic E-state index is 7.40. The Balaban J connectivity index is 3.20. The van der Waals surface area contributed by atoms with Crippen molar-refractivity contribution in [2.24, 2.45) is 7.05 Å². The molecule has 0 bridgehead atoms. The van der Waals surface area contributed by atoms with Gasteiger partial charge in [-0.1, -0.05) is 6.92 Å². The van der Waals surface area contributed by atoms with Crippen molar-refractivity contribution in [1.82, 2.24) is 9.55 Å². The summed E-state index contributed by atoms with van der Waals surface area (Å²) in [6.45, 7) is 3.95. The van der Waals surface area contributed by atoms with Gasteiger partial charge < -0.3 is 4.57 Å². The minimum absolute atomic E-state index is 0.419. The first-order valence-corrected chi connectivity index (χ1v) is 3.15. The summed E-state index contributed by atoms with van der Waals surface area (Å²) in [5.74, 6) is 0.918. The first-order valence-electron chi connectivity index (χ1n) is 3.65. The summed E-state index contributed by atoms with van der Waals surface area (Å²) in [5, 5.41) is 0. The number of nitrogens with zero attached hydrogens (tertiary/aromatic N) is 2. The molecule has 0 saturated heterocycles. The highest BCUT2D eigenvalue weighted by Crippen LogP contribution is 2.00. The zero-order valence-electron chi connectivity index (χ0n) is 7.10. The molecule has 2 heteroatoms. The van der Waals surface area contributed by atoms with E-state index in [0.717, 1.165) is 17.9 Å². The second kappa shape index (κ2) is 2.21. The van der Waals surface area contributed by atoms with Gasteiger partial charge in [0.25, 0.3) is 0 Å². The van der Waals surface area contributed by atoms with Gasteiger partial charge in [-0.2, -0.15) is 0 Å². The lowest BCUT2D eigenvalue weighted by molar-refractivity contribution is 0.797. The molecular weight excluding hydrogens is 112 g/mol. The molecule has 1 aromatic rings. The van der Waals surface area contributed by atoms with E-state index in [1.807, 2.05) is 25.5 Å². The normalized spacial score (nSPS) is 11.7. The zero-order valence-corrected chi connectivity index (χ0v) is 6.10. The third-order valence-electron chi connectivity index (χ3n) is 1.57. The molecule has 0 aliphatic rings. The summed E-state index contributed by atoms with van der Waals surface area (Å²) >= 11 is 0. The molecule has 1 heterocycles. The van der Waals surface area contributed by atoms with Crippen LogP contribution < -0.4 is 0 Å². The summed E-state index contributed by atoms with van der Waals surface area (Å²) in [7, 11) is 1.94. The fourth-order valence-corrected chi connectivity index (χ4v) is 0.807. The Morgan fingerprint density at radius 2 is 2.56 bits per heavy atom. The SMILES string of the molecule is [2H]c1nc(C)n(C)c1CC. The van der Waals surface area contributed by atoms with E-state index in [1.54, 1.807) is 0 Å². The molecule has 9 heavy (non-hydrogen) atoms. The van der Waals surface area contributed by atoms with E-state index in [0.29, 0.717) is 6.17 Å². The lowest BCUT2D eigenvalue weighted by Gasteiger charge is -1.97.